The molecule has 0 aromatic heterocycles. The highest BCUT2D eigenvalue weighted by atomic mass is 31.1. The normalized spacial score (nSPS) is 17.8. The summed E-state index contributed by atoms with van der Waals surface area (Å²) in [5, 5.41) is 2.82. The van der Waals surface area contributed by atoms with Crippen molar-refractivity contribution in [2.45, 2.75) is 44.6 Å². The molecule has 0 fully saturated rings. The summed E-state index contributed by atoms with van der Waals surface area (Å²) >= 11 is 0. The van der Waals surface area contributed by atoms with E-state index in [0.717, 1.165) is 0 Å². The Morgan fingerprint density at radius 1 is 0.607 bits per heavy atom. The molecule has 0 unspecified atom stereocenters. The maximum absolute atomic E-state index is 2.68. The van der Waals surface area contributed by atoms with E-state index in [0.29, 0.717) is 6.04 Å². The maximum Gasteiger partial charge on any atom is 0.0320 e. The van der Waals surface area contributed by atoms with E-state index in [1.807, 2.05) is 0 Å². The lowest BCUT2D eigenvalue weighted by atomic mass is 9.76. The van der Waals surface area contributed by atoms with E-state index < -0.39 is 8.07 Å². The van der Waals surface area contributed by atoms with Crippen LogP contribution in [0.1, 0.15) is 38.8 Å². The van der Waals surface area contributed by atoms with Crippen molar-refractivity contribution in [2.24, 2.45) is 0 Å². The Bertz CT molecular complexity index is 872. The molecule has 0 bridgehead atoms. The molecule has 0 saturated carbocycles. The molecule has 2 heteroatoms. The van der Waals surface area contributed by atoms with E-state index in [4.69, 9.17) is 0 Å². The molecule has 1 nitrogen and oxygen atoms in total. The lowest BCUT2D eigenvalue weighted by Gasteiger charge is -2.46. The fourth-order valence-corrected chi connectivity index (χ4v) is 8.25. The van der Waals surface area contributed by atoms with E-state index in [1.54, 1.807) is 0 Å². The standard InChI is InChI=1S/C26H30NP/c1-25(2)22-18-12-13-19-23(22)26(3,4)24(25)27(5)28(20-14-8-6-9-15-20)21-16-10-7-11-17-21/h6-19,24H,1-5H3. The molecular weight excluding hydrogens is 357 g/mol. The summed E-state index contributed by atoms with van der Waals surface area (Å²) in [7, 11) is 1.73. The van der Waals surface area contributed by atoms with Crippen LogP contribution in [0.15, 0.2) is 84.9 Å². The molecule has 0 atom stereocenters. The Morgan fingerprint density at radius 2 is 0.964 bits per heavy atom. The molecule has 0 N–H and O–H groups in total. The van der Waals surface area contributed by atoms with Crippen molar-refractivity contribution in [1.29, 1.82) is 0 Å². The van der Waals surface area contributed by atoms with Gasteiger partial charge in [-0.1, -0.05) is 113 Å². The summed E-state index contributed by atoms with van der Waals surface area (Å²) in [5.74, 6) is 0. The third-order valence-electron chi connectivity index (χ3n) is 6.37. The van der Waals surface area contributed by atoms with Crippen molar-refractivity contribution in [2.75, 3.05) is 7.05 Å². The average molecular weight is 388 g/mol. The number of benzene rings is 3. The Balaban J connectivity index is 1.85. The van der Waals surface area contributed by atoms with E-state index in [2.05, 4.69) is 124 Å². The van der Waals surface area contributed by atoms with Gasteiger partial charge in [0.25, 0.3) is 0 Å². The molecule has 1 aliphatic carbocycles. The molecule has 0 amide bonds. The Morgan fingerprint density at radius 3 is 1.36 bits per heavy atom. The monoisotopic (exact) mass is 387 g/mol. The van der Waals surface area contributed by atoms with Crippen LogP contribution in [0.25, 0.3) is 0 Å². The van der Waals surface area contributed by atoms with Crippen LogP contribution in [0.2, 0.25) is 0 Å². The van der Waals surface area contributed by atoms with Gasteiger partial charge in [-0.25, -0.2) is 0 Å². The van der Waals surface area contributed by atoms with Crippen molar-refractivity contribution in [1.82, 2.24) is 4.67 Å². The number of rotatable bonds is 4. The first kappa shape index (κ1) is 19.4. The lowest BCUT2D eigenvalue weighted by Crippen LogP contribution is -2.50. The number of nitrogens with zero attached hydrogens (tertiary/aromatic N) is 1. The van der Waals surface area contributed by atoms with Gasteiger partial charge in [-0.3, -0.25) is 4.67 Å². The first-order valence-electron chi connectivity index (χ1n) is 10.1. The van der Waals surface area contributed by atoms with Gasteiger partial charge in [-0.15, -0.1) is 0 Å². The van der Waals surface area contributed by atoms with E-state index in [9.17, 15) is 0 Å². The van der Waals surface area contributed by atoms with Gasteiger partial charge >= 0.3 is 0 Å². The van der Waals surface area contributed by atoms with Gasteiger partial charge in [0.1, 0.15) is 0 Å². The van der Waals surface area contributed by atoms with E-state index in [-0.39, 0.29) is 10.8 Å². The molecule has 144 valence electrons. The summed E-state index contributed by atoms with van der Waals surface area (Å²) in [6, 6.07) is 31.5. The highest BCUT2D eigenvalue weighted by Gasteiger charge is 2.53. The number of hydrogen-bond acceptors (Lipinski definition) is 1. The molecule has 28 heavy (non-hydrogen) atoms. The second kappa shape index (κ2) is 7.14. The molecule has 1 aliphatic rings. The fraction of sp³-hybridized carbons (Fsp3) is 0.308. The first-order valence-corrected chi connectivity index (χ1v) is 11.4. The first-order chi connectivity index (χ1) is 13.3. The van der Waals surface area contributed by atoms with Crippen molar-refractivity contribution in [3.05, 3.63) is 96.1 Å². The number of likely N-dealkylation sites (N-methyl/N-ethyl adjacent to an activating group) is 1. The van der Waals surface area contributed by atoms with Gasteiger partial charge in [0.2, 0.25) is 0 Å². The molecule has 0 saturated heterocycles. The van der Waals surface area contributed by atoms with Crippen LogP contribution in [0.5, 0.6) is 0 Å². The summed E-state index contributed by atoms with van der Waals surface area (Å²) in [6.07, 6.45) is 0. The van der Waals surface area contributed by atoms with Gasteiger partial charge in [-0.05, 0) is 28.8 Å². The van der Waals surface area contributed by atoms with Crippen LogP contribution in [-0.2, 0) is 10.8 Å². The maximum atomic E-state index is 2.68. The zero-order valence-electron chi connectivity index (χ0n) is 17.6. The van der Waals surface area contributed by atoms with Crippen molar-refractivity contribution in [3.63, 3.8) is 0 Å². The largest absolute Gasteiger partial charge is 0.273 e. The molecule has 0 heterocycles. The van der Waals surface area contributed by atoms with Crippen molar-refractivity contribution < 1.29 is 0 Å². The van der Waals surface area contributed by atoms with Gasteiger partial charge in [0, 0.05) is 24.9 Å². The second-order valence-corrected chi connectivity index (χ2v) is 11.2. The summed E-state index contributed by atoms with van der Waals surface area (Å²) < 4.78 is 2.68. The van der Waals surface area contributed by atoms with Crippen molar-refractivity contribution in [3.8, 4) is 0 Å². The second-order valence-electron chi connectivity index (χ2n) is 8.95. The zero-order valence-corrected chi connectivity index (χ0v) is 18.4. The van der Waals surface area contributed by atoms with Gasteiger partial charge in [0.05, 0.1) is 0 Å². The van der Waals surface area contributed by atoms with E-state index in [1.165, 1.54) is 21.7 Å². The summed E-state index contributed by atoms with van der Waals surface area (Å²) in [5.41, 5.74) is 3.15. The smallest absolute Gasteiger partial charge is 0.0320 e. The summed E-state index contributed by atoms with van der Waals surface area (Å²) in [4.78, 5) is 0. The molecule has 4 rings (SSSR count). The Kier molecular flexibility index (Phi) is 4.94. The Hall–Kier alpha value is -1.95. The minimum absolute atomic E-state index is 0.0823. The van der Waals surface area contributed by atoms with Crippen LogP contribution < -0.4 is 10.6 Å². The van der Waals surface area contributed by atoms with Crippen LogP contribution >= 0.6 is 8.07 Å². The number of hydrogen-bond donors (Lipinski definition) is 0. The fourth-order valence-electron chi connectivity index (χ4n) is 5.50. The summed E-state index contributed by atoms with van der Waals surface area (Å²) in [6.45, 7) is 9.69. The highest BCUT2D eigenvalue weighted by molar-refractivity contribution is 7.70. The van der Waals surface area contributed by atoms with Crippen LogP contribution in [0, 0.1) is 0 Å². The van der Waals surface area contributed by atoms with Crippen LogP contribution in [0.4, 0.5) is 0 Å². The quantitative estimate of drug-likeness (QED) is 0.527. The highest BCUT2D eigenvalue weighted by Crippen LogP contribution is 2.55. The minimum Gasteiger partial charge on any atom is -0.273 e. The molecule has 0 radical (unpaired) electrons. The van der Waals surface area contributed by atoms with Crippen LogP contribution in [-0.4, -0.2) is 17.8 Å². The molecule has 3 aromatic carbocycles. The SMILES string of the molecule is CN(C1C(C)(C)c2ccccc2C1(C)C)P(c1ccccc1)c1ccccc1. The predicted octanol–water partition coefficient (Wildman–Crippen LogP) is 5.60. The molecule has 0 spiro atoms. The number of fused-ring (bicyclic) bond motifs is 1. The lowest BCUT2D eigenvalue weighted by molar-refractivity contribution is 0.204. The van der Waals surface area contributed by atoms with Gasteiger partial charge in [-0.2, -0.15) is 0 Å². The van der Waals surface area contributed by atoms with Gasteiger partial charge in [0.15, 0.2) is 0 Å². The third-order valence-corrected chi connectivity index (χ3v) is 8.81. The topological polar surface area (TPSA) is 3.24 Å². The van der Waals surface area contributed by atoms with Crippen molar-refractivity contribution >= 4 is 18.7 Å². The molecule has 3 aromatic rings. The average Bonchev–Trinajstić information content (AvgIpc) is 2.85. The minimum atomic E-state index is -0.609. The zero-order chi connectivity index (χ0) is 19.9. The van der Waals surface area contributed by atoms with E-state index >= 15 is 0 Å². The third kappa shape index (κ3) is 3.02. The molecule has 0 aliphatic heterocycles. The Labute approximate surface area is 171 Å². The molecular formula is C26H30NP. The van der Waals surface area contributed by atoms with Crippen LogP contribution in [0.3, 0.4) is 0 Å². The predicted molar refractivity (Wildman–Crippen MR) is 123 cm³/mol. The van der Waals surface area contributed by atoms with Gasteiger partial charge < -0.3 is 0 Å².